The van der Waals surface area contributed by atoms with Gasteiger partial charge in [0.05, 0.1) is 11.8 Å². The van der Waals surface area contributed by atoms with Crippen molar-refractivity contribution in [1.29, 1.82) is 0 Å². The fourth-order valence-corrected chi connectivity index (χ4v) is 2.20. The molecule has 0 spiro atoms. The third kappa shape index (κ3) is 6.50. The molecule has 1 rings (SSSR count). The molecule has 2 unspecified atom stereocenters. The zero-order valence-corrected chi connectivity index (χ0v) is 16.7. The fourth-order valence-electron chi connectivity index (χ4n) is 2.20. The van der Waals surface area contributed by atoms with Gasteiger partial charge in [-0.15, -0.1) is 0 Å². The van der Waals surface area contributed by atoms with E-state index in [2.05, 4.69) is 0 Å². The van der Waals surface area contributed by atoms with Gasteiger partial charge >= 0.3 is 11.9 Å². The molecule has 8 heteroatoms. The Bertz CT molecular complexity index is 410. The molecule has 1 aliphatic heterocycles. The molecule has 1 aliphatic rings. The van der Waals surface area contributed by atoms with E-state index in [1.165, 1.54) is 0 Å². The summed E-state index contributed by atoms with van der Waals surface area (Å²) in [6, 6.07) is 0. The molecule has 1 saturated heterocycles. The van der Waals surface area contributed by atoms with Crippen molar-refractivity contribution in [3.63, 3.8) is 0 Å². The number of esters is 2. The highest BCUT2D eigenvalue weighted by Crippen LogP contribution is 2.29. The number of rotatable bonds is 10. The quantitative estimate of drug-likeness (QED) is 0.534. The van der Waals surface area contributed by atoms with E-state index >= 15 is 0 Å². The largest absolute Gasteiger partial charge is 0.460 e. The van der Waals surface area contributed by atoms with E-state index in [0.717, 1.165) is 0 Å². The summed E-state index contributed by atoms with van der Waals surface area (Å²) in [5.74, 6) is -3.61. The van der Waals surface area contributed by atoms with Crippen molar-refractivity contribution < 1.29 is 38.0 Å². The SMILES string of the molecule is CCOC1(COC(=O)C(C)C)COC(COC(=O)C(C)C)(OCC)CO1. The van der Waals surface area contributed by atoms with Crippen molar-refractivity contribution in [2.75, 3.05) is 39.6 Å². The summed E-state index contributed by atoms with van der Waals surface area (Å²) in [6.45, 7) is 11.1. The highest BCUT2D eigenvalue weighted by Gasteiger charge is 2.48. The van der Waals surface area contributed by atoms with Gasteiger partial charge in [0.15, 0.2) is 0 Å². The number of hydrogen-bond donors (Lipinski definition) is 0. The van der Waals surface area contributed by atoms with Gasteiger partial charge in [0.2, 0.25) is 11.6 Å². The highest BCUT2D eigenvalue weighted by atomic mass is 16.8. The standard InChI is InChI=1S/C18H32O8/c1-7-23-17(9-21-15(19)13(3)4)11-26-18(12-25-17,24-8-2)10-22-16(20)14(5)6/h13-14H,7-12H2,1-6H3. The van der Waals surface area contributed by atoms with Crippen LogP contribution in [0.5, 0.6) is 0 Å². The molecule has 26 heavy (non-hydrogen) atoms. The fraction of sp³-hybridized carbons (Fsp3) is 0.889. The third-order valence-electron chi connectivity index (χ3n) is 3.74. The molecule has 0 radical (unpaired) electrons. The van der Waals surface area contributed by atoms with E-state index in [1.807, 2.05) is 13.8 Å². The maximum absolute atomic E-state index is 11.7. The molecule has 0 aliphatic carbocycles. The Kier molecular flexibility index (Phi) is 8.95. The van der Waals surface area contributed by atoms with Crippen LogP contribution in [0.3, 0.4) is 0 Å². The predicted octanol–water partition coefficient (Wildman–Crippen LogP) is 1.90. The first kappa shape index (κ1) is 22.8. The summed E-state index contributed by atoms with van der Waals surface area (Å²) in [4.78, 5) is 23.5. The Morgan fingerprint density at radius 3 is 1.38 bits per heavy atom. The number of carbonyl (C=O) groups excluding carboxylic acids is 2. The Morgan fingerprint density at radius 2 is 1.15 bits per heavy atom. The van der Waals surface area contributed by atoms with Crippen LogP contribution in [-0.2, 0) is 38.0 Å². The van der Waals surface area contributed by atoms with Crippen LogP contribution in [0.15, 0.2) is 0 Å². The van der Waals surface area contributed by atoms with Gasteiger partial charge in [0.25, 0.3) is 0 Å². The second-order valence-corrected chi connectivity index (χ2v) is 6.79. The van der Waals surface area contributed by atoms with Gasteiger partial charge in [0, 0.05) is 13.2 Å². The molecule has 0 aromatic rings. The Hall–Kier alpha value is -1.22. The van der Waals surface area contributed by atoms with E-state index in [1.54, 1.807) is 27.7 Å². The molecule has 0 amide bonds. The highest BCUT2D eigenvalue weighted by molar-refractivity contribution is 5.71. The minimum Gasteiger partial charge on any atom is -0.460 e. The lowest BCUT2D eigenvalue weighted by atomic mass is 10.2. The Morgan fingerprint density at radius 1 is 0.808 bits per heavy atom. The molecule has 8 nitrogen and oxygen atoms in total. The van der Waals surface area contributed by atoms with Gasteiger partial charge in [-0.2, -0.15) is 0 Å². The lowest BCUT2D eigenvalue weighted by Gasteiger charge is -2.44. The second kappa shape index (κ2) is 10.2. The van der Waals surface area contributed by atoms with E-state index in [4.69, 9.17) is 28.4 Å². The smallest absolute Gasteiger partial charge is 0.308 e. The van der Waals surface area contributed by atoms with E-state index < -0.39 is 11.6 Å². The van der Waals surface area contributed by atoms with Crippen molar-refractivity contribution in [3.05, 3.63) is 0 Å². The van der Waals surface area contributed by atoms with Crippen molar-refractivity contribution in [3.8, 4) is 0 Å². The van der Waals surface area contributed by atoms with Gasteiger partial charge in [-0.25, -0.2) is 0 Å². The van der Waals surface area contributed by atoms with Gasteiger partial charge in [-0.3, -0.25) is 9.59 Å². The topological polar surface area (TPSA) is 89.5 Å². The maximum Gasteiger partial charge on any atom is 0.308 e. The minimum atomic E-state index is -1.21. The molecular formula is C18H32O8. The first-order chi connectivity index (χ1) is 12.2. The van der Waals surface area contributed by atoms with Crippen LogP contribution < -0.4 is 0 Å². The van der Waals surface area contributed by atoms with Crippen LogP contribution in [0, 0.1) is 11.8 Å². The Balaban J connectivity index is 2.74. The number of carbonyl (C=O) groups is 2. The monoisotopic (exact) mass is 376 g/mol. The average Bonchev–Trinajstić information content (AvgIpc) is 2.60. The normalized spacial score (nSPS) is 26.2. The van der Waals surface area contributed by atoms with Gasteiger partial charge in [-0.1, -0.05) is 27.7 Å². The van der Waals surface area contributed by atoms with Crippen molar-refractivity contribution in [1.82, 2.24) is 0 Å². The summed E-state index contributed by atoms with van der Waals surface area (Å²) in [5.41, 5.74) is 0. The van der Waals surface area contributed by atoms with Crippen LogP contribution in [0.2, 0.25) is 0 Å². The molecule has 1 heterocycles. The molecule has 2 atom stereocenters. The first-order valence-electron chi connectivity index (χ1n) is 9.08. The minimum absolute atomic E-state index is 0.0224. The molecule has 0 N–H and O–H groups in total. The lowest BCUT2D eigenvalue weighted by Crippen LogP contribution is -2.60. The van der Waals surface area contributed by atoms with Gasteiger partial charge in [-0.05, 0) is 13.8 Å². The van der Waals surface area contributed by atoms with E-state index in [-0.39, 0.29) is 50.2 Å². The predicted molar refractivity (Wildman–Crippen MR) is 92.2 cm³/mol. The van der Waals surface area contributed by atoms with Crippen LogP contribution in [0.25, 0.3) is 0 Å². The number of ether oxygens (including phenoxy) is 6. The molecule has 0 aromatic carbocycles. The number of hydrogen-bond acceptors (Lipinski definition) is 8. The Labute approximate surface area is 155 Å². The van der Waals surface area contributed by atoms with Crippen molar-refractivity contribution in [2.24, 2.45) is 11.8 Å². The summed E-state index contributed by atoms with van der Waals surface area (Å²) in [5, 5.41) is 0. The molecule has 0 bridgehead atoms. The van der Waals surface area contributed by atoms with Crippen molar-refractivity contribution >= 4 is 11.9 Å². The zero-order chi connectivity index (χ0) is 19.8. The summed E-state index contributed by atoms with van der Waals surface area (Å²) in [7, 11) is 0. The van der Waals surface area contributed by atoms with E-state index in [0.29, 0.717) is 13.2 Å². The average molecular weight is 376 g/mol. The molecular weight excluding hydrogens is 344 g/mol. The maximum atomic E-state index is 11.7. The van der Waals surface area contributed by atoms with Crippen LogP contribution in [-0.4, -0.2) is 63.2 Å². The second-order valence-electron chi connectivity index (χ2n) is 6.79. The van der Waals surface area contributed by atoms with Crippen LogP contribution in [0.1, 0.15) is 41.5 Å². The summed E-state index contributed by atoms with van der Waals surface area (Å²) >= 11 is 0. The lowest BCUT2D eigenvalue weighted by molar-refractivity contribution is -0.395. The molecule has 1 fully saturated rings. The first-order valence-corrected chi connectivity index (χ1v) is 9.08. The molecule has 152 valence electrons. The summed E-state index contributed by atoms with van der Waals surface area (Å²) in [6.07, 6.45) is 0. The van der Waals surface area contributed by atoms with E-state index in [9.17, 15) is 9.59 Å². The third-order valence-corrected chi connectivity index (χ3v) is 3.74. The van der Waals surface area contributed by atoms with Crippen LogP contribution in [0.4, 0.5) is 0 Å². The summed E-state index contributed by atoms with van der Waals surface area (Å²) < 4.78 is 33.5. The van der Waals surface area contributed by atoms with Crippen molar-refractivity contribution in [2.45, 2.75) is 53.1 Å². The molecule has 0 aromatic heterocycles. The van der Waals surface area contributed by atoms with Gasteiger partial charge < -0.3 is 28.4 Å². The van der Waals surface area contributed by atoms with Gasteiger partial charge in [0.1, 0.15) is 26.4 Å². The van der Waals surface area contributed by atoms with Crippen LogP contribution >= 0.6 is 0 Å². The molecule has 0 saturated carbocycles. The zero-order valence-electron chi connectivity index (χ0n) is 16.7.